The molecule has 0 saturated carbocycles. The fraction of sp³-hybridized carbons (Fsp3) is 0.520. The Labute approximate surface area is 178 Å². The molecular formula is C25H32O5. The van der Waals surface area contributed by atoms with Gasteiger partial charge in [0.1, 0.15) is 11.5 Å². The Morgan fingerprint density at radius 3 is 2.57 bits per heavy atom. The fourth-order valence-corrected chi connectivity index (χ4v) is 5.07. The molecule has 0 bridgehead atoms. The third-order valence-electron chi connectivity index (χ3n) is 6.62. The van der Waals surface area contributed by atoms with Crippen molar-refractivity contribution in [3.8, 4) is 11.5 Å². The van der Waals surface area contributed by atoms with Crippen molar-refractivity contribution in [3.63, 3.8) is 0 Å². The maximum atomic E-state index is 10.3. The molecule has 1 heterocycles. The Morgan fingerprint density at radius 1 is 1.03 bits per heavy atom. The highest BCUT2D eigenvalue weighted by atomic mass is 16.5. The van der Waals surface area contributed by atoms with E-state index in [1.54, 1.807) is 14.2 Å². The zero-order valence-electron chi connectivity index (χ0n) is 18.1. The number of benzene rings is 2. The van der Waals surface area contributed by atoms with Crippen LogP contribution in [0, 0.1) is 6.92 Å². The first-order valence-electron chi connectivity index (χ1n) is 10.8. The van der Waals surface area contributed by atoms with Gasteiger partial charge in [0.2, 0.25) is 0 Å². The van der Waals surface area contributed by atoms with Crippen LogP contribution < -0.4 is 9.47 Å². The molecule has 0 amide bonds. The summed E-state index contributed by atoms with van der Waals surface area (Å²) >= 11 is 0. The maximum Gasteiger partial charge on any atom is 0.126 e. The molecule has 2 aromatic rings. The molecule has 4 rings (SSSR count). The topological polar surface area (TPSA) is 68.2 Å². The van der Waals surface area contributed by atoms with E-state index in [0.29, 0.717) is 12.8 Å². The van der Waals surface area contributed by atoms with Crippen LogP contribution in [0.3, 0.4) is 0 Å². The second kappa shape index (κ2) is 8.96. The van der Waals surface area contributed by atoms with E-state index in [4.69, 9.17) is 14.2 Å². The molecule has 30 heavy (non-hydrogen) atoms. The van der Waals surface area contributed by atoms with Crippen LogP contribution in [0.1, 0.15) is 58.7 Å². The minimum Gasteiger partial charge on any atom is -0.497 e. The molecular weight excluding hydrogens is 380 g/mol. The van der Waals surface area contributed by atoms with Gasteiger partial charge in [0.25, 0.3) is 0 Å². The van der Waals surface area contributed by atoms with Crippen LogP contribution in [0.15, 0.2) is 24.3 Å². The van der Waals surface area contributed by atoms with Crippen LogP contribution in [0.25, 0.3) is 0 Å². The normalized spacial score (nSPS) is 23.3. The summed E-state index contributed by atoms with van der Waals surface area (Å²) in [6, 6.07) is 8.23. The van der Waals surface area contributed by atoms with Crippen LogP contribution in [0.4, 0.5) is 0 Å². The first kappa shape index (κ1) is 21.2. The number of hydrogen-bond acceptors (Lipinski definition) is 5. The van der Waals surface area contributed by atoms with Gasteiger partial charge in [0, 0.05) is 25.3 Å². The van der Waals surface area contributed by atoms with Crippen molar-refractivity contribution in [2.24, 2.45) is 0 Å². The van der Waals surface area contributed by atoms with Crippen LogP contribution in [0.5, 0.6) is 11.5 Å². The molecule has 5 nitrogen and oxygen atoms in total. The molecule has 0 spiro atoms. The number of fused-ring (bicyclic) bond motifs is 1. The molecule has 2 aromatic carbocycles. The minimum atomic E-state index is -0.446. The summed E-state index contributed by atoms with van der Waals surface area (Å²) in [5.74, 6) is 1.61. The molecule has 162 valence electrons. The maximum absolute atomic E-state index is 10.3. The van der Waals surface area contributed by atoms with Gasteiger partial charge in [-0.05, 0) is 65.6 Å². The number of aliphatic hydroxyl groups is 2. The fourth-order valence-electron chi connectivity index (χ4n) is 5.07. The molecule has 1 aliphatic carbocycles. The van der Waals surface area contributed by atoms with E-state index in [0.717, 1.165) is 41.9 Å². The lowest BCUT2D eigenvalue weighted by Crippen LogP contribution is -2.34. The number of hydrogen-bond donors (Lipinski definition) is 2. The summed E-state index contributed by atoms with van der Waals surface area (Å²) in [6.45, 7) is 2.11. The van der Waals surface area contributed by atoms with E-state index in [9.17, 15) is 10.2 Å². The lowest BCUT2D eigenvalue weighted by Gasteiger charge is -2.34. The van der Waals surface area contributed by atoms with Crippen molar-refractivity contribution < 1.29 is 24.4 Å². The molecule has 1 saturated heterocycles. The van der Waals surface area contributed by atoms with Gasteiger partial charge in [0.05, 0.1) is 39.1 Å². The summed E-state index contributed by atoms with van der Waals surface area (Å²) in [5.41, 5.74) is 7.73. The summed E-state index contributed by atoms with van der Waals surface area (Å²) < 4.78 is 17.1. The number of aliphatic hydroxyl groups excluding tert-OH is 2. The average molecular weight is 413 g/mol. The number of ether oxygens (including phenoxy) is 3. The average Bonchev–Trinajstić information content (AvgIpc) is 3.26. The highest BCUT2D eigenvalue weighted by molar-refractivity contribution is 5.52. The van der Waals surface area contributed by atoms with Crippen LogP contribution in [-0.4, -0.2) is 43.2 Å². The van der Waals surface area contributed by atoms with Crippen molar-refractivity contribution in [3.05, 3.63) is 57.6 Å². The van der Waals surface area contributed by atoms with E-state index in [1.165, 1.54) is 28.7 Å². The molecule has 5 heteroatoms. The Morgan fingerprint density at radius 2 is 1.83 bits per heavy atom. The van der Waals surface area contributed by atoms with Crippen molar-refractivity contribution in [2.75, 3.05) is 20.8 Å². The second-order valence-electron chi connectivity index (χ2n) is 8.47. The lowest BCUT2D eigenvalue weighted by molar-refractivity contribution is -0.114. The van der Waals surface area contributed by atoms with Crippen molar-refractivity contribution in [1.29, 1.82) is 0 Å². The summed E-state index contributed by atoms with van der Waals surface area (Å²) in [6.07, 6.45) is 4.25. The van der Waals surface area contributed by atoms with E-state index in [1.807, 2.05) is 12.1 Å². The number of methoxy groups -OCH3 is 2. The third-order valence-corrected chi connectivity index (χ3v) is 6.62. The van der Waals surface area contributed by atoms with E-state index < -0.39 is 6.10 Å². The van der Waals surface area contributed by atoms with Crippen molar-refractivity contribution in [2.45, 2.75) is 63.8 Å². The van der Waals surface area contributed by atoms with Crippen LogP contribution in [0.2, 0.25) is 0 Å². The van der Waals surface area contributed by atoms with E-state index in [2.05, 4.69) is 19.1 Å². The van der Waals surface area contributed by atoms with Gasteiger partial charge in [-0.25, -0.2) is 0 Å². The molecule has 0 aromatic heterocycles. The molecule has 0 radical (unpaired) electrons. The standard InChI is InChI=1S/C25H32O5/c1-15-21-5-4-6-22(21)17(9-16-7-8-19(28-2)13-24(16)29-3)10-23(15)25-12-18(27)11-20(14-26)30-25/h7-8,10,13,18,20,25-27H,4-6,9,11-12,14H2,1-3H3. The SMILES string of the molecule is COc1ccc(Cc2cc(C3CC(O)CC(CO)O3)c(C)c3c2CCC3)c(OC)c1. The molecule has 1 aliphatic heterocycles. The van der Waals surface area contributed by atoms with Gasteiger partial charge in [0.15, 0.2) is 0 Å². The smallest absolute Gasteiger partial charge is 0.126 e. The first-order valence-corrected chi connectivity index (χ1v) is 10.8. The van der Waals surface area contributed by atoms with Gasteiger partial charge in [-0.1, -0.05) is 12.1 Å². The molecule has 3 atom stereocenters. The van der Waals surface area contributed by atoms with Gasteiger partial charge in [-0.2, -0.15) is 0 Å². The Kier molecular flexibility index (Phi) is 6.32. The Hall–Kier alpha value is -2.08. The molecule has 2 aliphatic rings. The summed E-state index contributed by atoms with van der Waals surface area (Å²) in [5, 5.41) is 19.9. The van der Waals surface area contributed by atoms with Crippen molar-refractivity contribution >= 4 is 0 Å². The summed E-state index contributed by atoms with van der Waals surface area (Å²) in [4.78, 5) is 0. The molecule has 1 fully saturated rings. The second-order valence-corrected chi connectivity index (χ2v) is 8.47. The van der Waals surface area contributed by atoms with Gasteiger partial charge in [-0.3, -0.25) is 0 Å². The quantitative estimate of drug-likeness (QED) is 0.758. The van der Waals surface area contributed by atoms with Gasteiger partial charge < -0.3 is 24.4 Å². The van der Waals surface area contributed by atoms with Crippen LogP contribution >= 0.6 is 0 Å². The Balaban J connectivity index is 1.73. The van der Waals surface area contributed by atoms with Crippen LogP contribution in [-0.2, 0) is 24.0 Å². The molecule has 3 unspecified atom stereocenters. The summed E-state index contributed by atoms with van der Waals surface area (Å²) in [7, 11) is 3.35. The first-order chi connectivity index (χ1) is 14.5. The lowest BCUT2D eigenvalue weighted by atomic mass is 9.86. The predicted octanol–water partition coefficient (Wildman–Crippen LogP) is 3.67. The Bertz CT molecular complexity index is 907. The highest BCUT2D eigenvalue weighted by Crippen LogP contribution is 2.40. The minimum absolute atomic E-state index is 0.0621. The zero-order chi connectivity index (χ0) is 21.3. The van der Waals surface area contributed by atoms with E-state index in [-0.39, 0.29) is 18.8 Å². The van der Waals surface area contributed by atoms with Gasteiger partial charge in [-0.15, -0.1) is 0 Å². The monoisotopic (exact) mass is 412 g/mol. The largest absolute Gasteiger partial charge is 0.497 e. The van der Waals surface area contributed by atoms with E-state index >= 15 is 0 Å². The zero-order valence-corrected chi connectivity index (χ0v) is 18.1. The highest BCUT2D eigenvalue weighted by Gasteiger charge is 2.32. The third kappa shape index (κ3) is 4.07. The molecule has 2 N–H and O–H groups in total. The van der Waals surface area contributed by atoms with Crippen molar-refractivity contribution in [1.82, 2.24) is 0 Å². The predicted molar refractivity (Wildman–Crippen MR) is 115 cm³/mol. The van der Waals surface area contributed by atoms with Gasteiger partial charge >= 0.3 is 0 Å². The number of rotatable bonds is 6.